The van der Waals surface area contributed by atoms with Crippen molar-refractivity contribution >= 4 is 11.7 Å². The number of nitrogens with two attached hydrogens (primary N) is 1. The molecule has 0 fully saturated rings. The third-order valence-corrected chi connectivity index (χ3v) is 2.74. The standard InChI is InChI=1S/C15H15NO3/c1-10-7-8-13(12(16)9-10)19-14(15(17)18)11-5-3-2-4-6-11/h2-9,14H,16H2,1H3,(H,17,18). The van der Waals surface area contributed by atoms with Crippen LogP contribution < -0.4 is 10.5 Å². The SMILES string of the molecule is Cc1ccc(OC(C(=O)O)c2ccccc2)c(N)c1. The maximum Gasteiger partial charge on any atom is 0.349 e. The second kappa shape index (κ2) is 5.44. The Balaban J connectivity index is 2.29. The Morgan fingerprint density at radius 3 is 2.47 bits per heavy atom. The molecule has 0 aromatic heterocycles. The topological polar surface area (TPSA) is 72.5 Å². The third kappa shape index (κ3) is 3.04. The van der Waals surface area contributed by atoms with Crippen LogP contribution in [0.5, 0.6) is 5.75 Å². The summed E-state index contributed by atoms with van der Waals surface area (Å²) in [4.78, 5) is 11.3. The van der Waals surface area contributed by atoms with Crippen molar-refractivity contribution in [3.8, 4) is 5.75 Å². The van der Waals surface area contributed by atoms with Gasteiger partial charge in [-0.15, -0.1) is 0 Å². The zero-order chi connectivity index (χ0) is 13.8. The van der Waals surface area contributed by atoms with Crippen LogP contribution in [0.25, 0.3) is 0 Å². The van der Waals surface area contributed by atoms with Crippen molar-refractivity contribution in [3.05, 3.63) is 59.7 Å². The number of nitrogen functional groups attached to an aromatic ring is 1. The molecular formula is C15H15NO3. The first-order chi connectivity index (χ1) is 9.08. The maximum absolute atomic E-state index is 11.3. The fourth-order valence-electron chi connectivity index (χ4n) is 1.79. The first-order valence-electron chi connectivity index (χ1n) is 5.88. The van der Waals surface area contributed by atoms with Crippen LogP contribution in [-0.2, 0) is 4.79 Å². The Morgan fingerprint density at radius 1 is 1.21 bits per heavy atom. The number of carboxylic acids is 1. The highest BCUT2D eigenvalue weighted by atomic mass is 16.5. The summed E-state index contributed by atoms with van der Waals surface area (Å²) >= 11 is 0. The van der Waals surface area contributed by atoms with Crippen LogP contribution in [0.15, 0.2) is 48.5 Å². The molecule has 4 heteroatoms. The molecule has 2 rings (SSSR count). The third-order valence-electron chi connectivity index (χ3n) is 2.74. The van der Waals surface area contributed by atoms with Crippen LogP contribution in [-0.4, -0.2) is 11.1 Å². The lowest BCUT2D eigenvalue weighted by Gasteiger charge is -2.17. The fraction of sp³-hybridized carbons (Fsp3) is 0.133. The molecule has 1 atom stereocenters. The molecule has 4 nitrogen and oxygen atoms in total. The summed E-state index contributed by atoms with van der Waals surface area (Å²) in [6.07, 6.45) is -1.06. The molecule has 0 amide bonds. The molecular weight excluding hydrogens is 242 g/mol. The van der Waals surface area contributed by atoms with Crippen molar-refractivity contribution < 1.29 is 14.6 Å². The highest BCUT2D eigenvalue weighted by Gasteiger charge is 2.22. The van der Waals surface area contributed by atoms with Crippen molar-refractivity contribution in [2.24, 2.45) is 0 Å². The van der Waals surface area contributed by atoms with Gasteiger partial charge in [-0.1, -0.05) is 36.4 Å². The zero-order valence-electron chi connectivity index (χ0n) is 10.5. The van der Waals surface area contributed by atoms with Gasteiger partial charge in [0.25, 0.3) is 0 Å². The molecule has 0 saturated heterocycles. The van der Waals surface area contributed by atoms with E-state index in [2.05, 4.69) is 0 Å². The van der Waals surface area contributed by atoms with E-state index in [1.807, 2.05) is 19.1 Å². The van der Waals surface area contributed by atoms with E-state index < -0.39 is 12.1 Å². The molecule has 0 bridgehead atoms. The summed E-state index contributed by atoms with van der Waals surface area (Å²) in [6.45, 7) is 1.91. The number of carboxylic acid groups (broad SMARTS) is 1. The van der Waals surface area contributed by atoms with Gasteiger partial charge in [-0.05, 0) is 24.6 Å². The molecule has 0 aliphatic rings. The predicted molar refractivity (Wildman–Crippen MR) is 73.0 cm³/mol. The van der Waals surface area contributed by atoms with Gasteiger partial charge >= 0.3 is 5.97 Å². The van der Waals surface area contributed by atoms with Crippen molar-refractivity contribution in [1.82, 2.24) is 0 Å². The average molecular weight is 257 g/mol. The quantitative estimate of drug-likeness (QED) is 0.826. The highest BCUT2D eigenvalue weighted by molar-refractivity contribution is 5.75. The van der Waals surface area contributed by atoms with Gasteiger partial charge < -0.3 is 15.6 Å². The normalized spacial score (nSPS) is 11.8. The molecule has 0 saturated carbocycles. The number of carbonyl (C=O) groups is 1. The van der Waals surface area contributed by atoms with Crippen LogP contribution in [0.1, 0.15) is 17.2 Å². The van der Waals surface area contributed by atoms with Gasteiger partial charge in [-0.3, -0.25) is 0 Å². The summed E-state index contributed by atoms with van der Waals surface area (Å²) in [7, 11) is 0. The number of anilines is 1. The van der Waals surface area contributed by atoms with E-state index in [0.717, 1.165) is 5.56 Å². The van der Waals surface area contributed by atoms with Crippen LogP contribution in [0.4, 0.5) is 5.69 Å². The first kappa shape index (κ1) is 13.0. The Morgan fingerprint density at radius 2 is 1.89 bits per heavy atom. The molecule has 19 heavy (non-hydrogen) atoms. The lowest BCUT2D eigenvalue weighted by Crippen LogP contribution is -2.18. The number of aryl methyl sites for hydroxylation is 1. The first-order valence-corrected chi connectivity index (χ1v) is 5.88. The summed E-state index contributed by atoms with van der Waals surface area (Å²) in [5, 5.41) is 9.27. The van der Waals surface area contributed by atoms with Crippen molar-refractivity contribution in [3.63, 3.8) is 0 Å². The van der Waals surface area contributed by atoms with Crippen molar-refractivity contribution in [2.45, 2.75) is 13.0 Å². The Hall–Kier alpha value is -2.49. The summed E-state index contributed by atoms with van der Waals surface area (Å²) in [6, 6.07) is 14.0. The van der Waals surface area contributed by atoms with Crippen LogP contribution in [0.3, 0.4) is 0 Å². The molecule has 1 unspecified atom stereocenters. The van der Waals surface area contributed by atoms with Crippen LogP contribution in [0, 0.1) is 6.92 Å². The lowest BCUT2D eigenvalue weighted by molar-refractivity contribution is -0.145. The van der Waals surface area contributed by atoms with E-state index in [4.69, 9.17) is 10.5 Å². The van der Waals surface area contributed by atoms with E-state index in [1.165, 1.54) is 0 Å². The maximum atomic E-state index is 11.3. The molecule has 98 valence electrons. The van der Waals surface area contributed by atoms with E-state index in [-0.39, 0.29) is 0 Å². The minimum Gasteiger partial charge on any atom is -0.478 e. The van der Waals surface area contributed by atoms with Gasteiger partial charge in [0.2, 0.25) is 6.10 Å². The largest absolute Gasteiger partial charge is 0.478 e. The number of aliphatic carboxylic acids is 1. The second-order valence-electron chi connectivity index (χ2n) is 4.29. The van der Waals surface area contributed by atoms with E-state index >= 15 is 0 Å². The number of rotatable bonds is 4. The van der Waals surface area contributed by atoms with Crippen LogP contribution in [0.2, 0.25) is 0 Å². The van der Waals surface area contributed by atoms with Crippen molar-refractivity contribution in [2.75, 3.05) is 5.73 Å². The van der Waals surface area contributed by atoms with E-state index in [1.54, 1.807) is 36.4 Å². The smallest absolute Gasteiger partial charge is 0.349 e. The van der Waals surface area contributed by atoms with Crippen LogP contribution >= 0.6 is 0 Å². The predicted octanol–water partition coefficient (Wildman–Crippen LogP) is 2.78. The number of hydrogen-bond donors (Lipinski definition) is 2. The average Bonchev–Trinajstić information content (AvgIpc) is 2.38. The molecule has 0 spiro atoms. The number of ether oxygens (including phenoxy) is 1. The van der Waals surface area contributed by atoms with Gasteiger partial charge in [0, 0.05) is 5.56 Å². The van der Waals surface area contributed by atoms with Crippen molar-refractivity contribution in [1.29, 1.82) is 0 Å². The summed E-state index contributed by atoms with van der Waals surface area (Å²) < 4.78 is 5.52. The minimum atomic E-state index is -1.06. The van der Waals surface area contributed by atoms with Gasteiger partial charge in [0.15, 0.2) is 0 Å². The molecule has 0 heterocycles. The molecule has 0 aliphatic heterocycles. The minimum absolute atomic E-state index is 0.377. The Bertz CT molecular complexity index is 581. The molecule has 2 aromatic rings. The number of benzene rings is 2. The zero-order valence-corrected chi connectivity index (χ0v) is 10.5. The van der Waals surface area contributed by atoms with Gasteiger partial charge in [-0.2, -0.15) is 0 Å². The van der Waals surface area contributed by atoms with E-state index in [9.17, 15) is 9.90 Å². The Labute approximate surface area is 111 Å². The fourth-order valence-corrected chi connectivity index (χ4v) is 1.79. The van der Waals surface area contributed by atoms with E-state index in [0.29, 0.717) is 17.0 Å². The summed E-state index contributed by atoms with van der Waals surface area (Å²) in [5.74, 6) is -0.673. The monoisotopic (exact) mass is 257 g/mol. The summed E-state index contributed by atoms with van der Waals surface area (Å²) in [5.41, 5.74) is 7.84. The molecule has 3 N–H and O–H groups in total. The second-order valence-corrected chi connectivity index (χ2v) is 4.29. The van der Waals surface area contributed by atoms with Gasteiger partial charge in [0.1, 0.15) is 5.75 Å². The molecule has 0 aliphatic carbocycles. The highest BCUT2D eigenvalue weighted by Crippen LogP contribution is 2.28. The number of hydrogen-bond acceptors (Lipinski definition) is 3. The lowest BCUT2D eigenvalue weighted by atomic mass is 10.1. The van der Waals surface area contributed by atoms with Gasteiger partial charge in [-0.25, -0.2) is 4.79 Å². The molecule has 0 radical (unpaired) electrons. The van der Waals surface area contributed by atoms with Gasteiger partial charge in [0.05, 0.1) is 5.69 Å². The Kier molecular flexibility index (Phi) is 3.71. The molecule has 2 aromatic carbocycles.